The average molecular weight is 236 g/mol. The summed E-state index contributed by atoms with van der Waals surface area (Å²) < 4.78 is 11.4. The molecule has 1 aliphatic rings. The summed E-state index contributed by atoms with van der Waals surface area (Å²) in [5.74, 6) is 0. The maximum absolute atomic E-state index is 8.89. The second-order valence-electron chi connectivity index (χ2n) is 4.45. The van der Waals surface area contributed by atoms with Crippen LogP contribution in [0.5, 0.6) is 0 Å². The summed E-state index contributed by atoms with van der Waals surface area (Å²) in [5.41, 5.74) is 1.21. The van der Waals surface area contributed by atoms with E-state index in [1.54, 1.807) is 0 Å². The van der Waals surface area contributed by atoms with Gasteiger partial charge in [0.1, 0.15) is 0 Å². The van der Waals surface area contributed by atoms with E-state index in [-0.39, 0.29) is 18.8 Å². The molecule has 0 spiro atoms. The van der Waals surface area contributed by atoms with Crippen molar-refractivity contribution in [1.29, 1.82) is 0 Å². The minimum Gasteiger partial charge on any atom is -0.396 e. The van der Waals surface area contributed by atoms with Crippen molar-refractivity contribution in [1.82, 2.24) is 0 Å². The third-order valence-corrected chi connectivity index (χ3v) is 3.10. The predicted molar refractivity (Wildman–Crippen MR) is 65.7 cm³/mol. The second kappa shape index (κ2) is 6.74. The first-order valence-corrected chi connectivity index (χ1v) is 6.26. The Bertz CT molecular complexity index is 311. The zero-order valence-electron chi connectivity index (χ0n) is 10.0. The van der Waals surface area contributed by atoms with E-state index in [0.717, 1.165) is 19.4 Å². The lowest BCUT2D eigenvalue weighted by molar-refractivity contribution is -0.0828. The van der Waals surface area contributed by atoms with Crippen LogP contribution >= 0.6 is 0 Å². The molecule has 0 bridgehead atoms. The SMILES string of the molecule is OCC[C@@H]1C[C@H](OCc2ccccc2)CCO1. The molecule has 0 radical (unpaired) electrons. The molecule has 17 heavy (non-hydrogen) atoms. The van der Waals surface area contributed by atoms with Crippen molar-refractivity contribution in [2.45, 2.75) is 38.1 Å². The Morgan fingerprint density at radius 3 is 2.88 bits per heavy atom. The minimum atomic E-state index is 0.162. The summed E-state index contributed by atoms with van der Waals surface area (Å²) in [6, 6.07) is 10.2. The molecule has 1 saturated heterocycles. The number of rotatable bonds is 5. The standard InChI is InChI=1S/C14H20O3/c15-8-6-13-10-14(7-9-16-13)17-11-12-4-2-1-3-5-12/h1-5,13-15H,6-11H2/t13-,14-/m1/s1. The van der Waals surface area contributed by atoms with Crippen molar-refractivity contribution >= 4 is 0 Å². The molecule has 0 aromatic heterocycles. The van der Waals surface area contributed by atoms with Gasteiger partial charge in [0, 0.05) is 13.2 Å². The van der Waals surface area contributed by atoms with Gasteiger partial charge in [0.2, 0.25) is 0 Å². The quantitative estimate of drug-likeness (QED) is 0.851. The fourth-order valence-electron chi connectivity index (χ4n) is 2.13. The number of aliphatic hydroxyl groups excluding tert-OH is 1. The van der Waals surface area contributed by atoms with E-state index in [1.807, 2.05) is 18.2 Å². The summed E-state index contributed by atoms with van der Waals surface area (Å²) in [6.45, 7) is 1.59. The highest BCUT2D eigenvalue weighted by Crippen LogP contribution is 2.20. The van der Waals surface area contributed by atoms with Crippen molar-refractivity contribution < 1.29 is 14.6 Å². The van der Waals surface area contributed by atoms with Gasteiger partial charge < -0.3 is 14.6 Å². The van der Waals surface area contributed by atoms with Gasteiger partial charge in [-0.15, -0.1) is 0 Å². The van der Waals surface area contributed by atoms with Crippen LogP contribution in [0.1, 0.15) is 24.8 Å². The van der Waals surface area contributed by atoms with Gasteiger partial charge in [0.05, 0.1) is 18.8 Å². The van der Waals surface area contributed by atoms with Crippen molar-refractivity contribution in [3.63, 3.8) is 0 Å². The molecule has 3 heteroatoms. The molecule has 1 fully saturated rings. The van der Waals surface area contributed by atoms with Crippen molar-refractivity contribution in [2.24, 2.45) is 0 Å². The first-order valence-electron chi connectivity index (χ1n) is 6.26. The third kappa shape index (κ3) is 4.11. The normalized spacial score (nSPS) is 24.8. The van der Waals surface area contributed by atoms with E-state index >= 15 is 0 Å². The van der Waals surface area contributed by atoms with Gasteiger partial charge in [-0.1, -0.05) is 30.3 Å². The lowest BCUT2D eigenvalue weighted by Gasteiger charge is -2.29. The zero-order chi connectivity index (χ0) is 11.9. The molecule has 1 N–H and O–H groups in total. The Balaban J connectivity index is 1.75. The summed E-state index contributed by atoms with van der Waals surface area (Å²) in [7, 11) is 0. The van der Waals surface area contributed by atoms with Gasteiger partial charge in [-0.25, -0.2) is 0 Å². The maximum atomic E-state index is 8.89. The van der Waals surface area contributed by atoms with Crippen molar-refractivity contribution in [2.75, 3.05) is 13.2 Å². The number of hydrogen-bond acceptors (Lipinski definition) is 3. The lowest BCUT2D eigenvalue weighted by Crippen LogP contribution is -2.31. The number of ether oxygens (including phenoxy) is 2. The summed E-state index contributed by atoms with van der Waals surface area (Å²) in [5, 5.41) is 8.89. The summed E-state index contributed by atoms with van der Waals surface area (Å²) in [6.07, 6.45) is 2.99. The molecule has 0 amide bonds. The molecule has 2 atom stereocenters. The van der Waals surface area contributed by atoms with Crippen LogP contribution in [0.25, 0.3) is 0 Å². The average Bonchev–Trinajstić information content (AvgIpc) is 2.39. The molecular weight excluding hydrogens is 216 g/mol. The van der Waals surface area contributed by atoms with Crippen molar-refractivity contribution in [3.05, 3.63) is 35.9 Å². The molecule has 1 aliphatic heterocycles. The van der Waals surface area contributed by atoms with Crippen LogP contribution in [0.15, 0.2) is 30.3 Å². The highest BCUT2D eigenvalue weighted by molar-refractivity contribution is 5.13. The first-order chi connectivity index (χ1) is 8.38. The molecule has 1 aromatic rings. The van der Waals surface area contributed by atoms with Gasteiger partial charge in [0.25, 0.3) is 0 Å². The predicted octanol–water partition coefficient (Wildman–Crippen LogP) is 2.13. The fourth-order valence-corrected chi connectivity index (χ4v) is 2.13. The van der Waals surface area contributed by atoms with Crippen LogP contribution in [0.3, 0.4) is 0 Å². The Labute approximate surface area is 102 Å². The van der Waals surface area contributed by atoms with E-state index in [2.05, 4.69) is 12.1 Å². The molecule has 3 nitrogen and oxygen atoms in total. The Hall–Kier alpha value is -0.900. The van der Waals surface area contributed by atoms with E-state index in [1.165, 1.54) is 5.56 Å². The van der Waals surface area contributed by atoms with Gasteiger partial charge in [-0.2, -0.15) is 0 Å². The Kier molecular flexibility index (Phi) is 4.98. The zero-order valence-corrected chi connectivity index (χ0v) is 10.0. The second-order valence-corrected chi connectivity index (χ2v) is 4.45. The Morgan fingerprint density at radius 2 is 2.12 bits per heavy atom. The van der Waals surface area contributed by atoms with Gasteiger partial charge in [-0.05, 0) is 24.8 Å². The highest BCUT2D eigenvalue weighted by Gasteiger charge is 2.22. The molecule has 0 saturated carbocycles. The molecule has 94 valence electrons. The monoisotopic (exact) mass is 236 g/mol. The van der Waals surface area contributed by atoms with E-state index in [9.17, 15) is 0 Å². The highest BCUT2D eigenvalue weighted by atomic mass is 16.5. The van der Waals surface area contributed by atoms with Crippen LogP contribution in [0.4, 0.5) is 0 Å². The number of hydrogen-bond donors (Lipinski definition) is 1. The molecule has 1 heterocycles. The first kappa shape index (κ1) is 12.6. The minimum absolute atomic E-state index is 0.162. The van der Waals surface area contributed by atoms with Gasteiger partial charge >= 0.3 is 0 Å². The van der Waals surface area contributed by atoms with Crippen LogP contribution in [0, 0.1) is 0 Å². The molecule has 0 unspecified atom stereocenters. The van der Waals surface area contributed by atoms with Crippen LogP contribution in [-0.4, -0.2) is 30.5 Å². The van der Waals surface area contributed by atoms with Crippen molar-refractivity contribution in [3.8, 4) is 0 Å². The molecular formula is C14H20O3. The number of aliphatic hydroxyl groups is 1. The van der Waals surface area contributed by atoms with Gasteiger partial charge in [-0.3, -0.25) is 0 Å². The van der Waals surface area contributed by atoms with E-state index in [0.29, 0.717) is 13.0 Å². The van der Waals surface area contributed by atoms with Crippen LogP contribution < -0.4 is 0 Å². The number of benzene rings is 1. The molecule has 0 aliphatic carbocycles. The van der Waals surface area contributed by atoms with Crippen LogP contribution in [-0.2, 0) is 16.1 Å². The summed E-state index contributed by atoms with van der Waals surface area (Å²) in [4.78, 5) is 0. The maximum Gasteiger partial charge on any atom is 0.0720 e. The van der Waals surface area contributed by atoms with E-state index < -0.39 is 0 Å². The smallest absolute Gasteiger partial charge is 0.0720 e. The lowest BCUT2D eigenvalue weighted by atomic mass is 10.0. The van der Waals surface area contributed by atoms with E-state index in [4.69, 9.17) is 14.6 Å². The largest absolute Gasteiger partial charge is 0.396 e. The molecule has 2 rings (SSSR count). The Morgan fingerprint density at radius 1 is 1.29 bits per heavy atom. The third-order valence-electron chi connectivity index (χ3n) is 3.10. The van der Waals surface area contributed by atoms with Crippen LogP contribution in [0.2, 0.25) is 0 Å². The fraction of sp³-hybridized carbons (Fsp3) is 0.571. The topological polar surface area (TPSA) is 38.7 Å². The molecule has 1 aromatic carbocycles. The van der Waals surface area contributed by atoms with Gasteiger partial charge in [0.15, 0.2) is 0 Å². The summed E-state index contributed by atoms with van der Waals surface area (Å²) >= 11 is 0.